The summed E-state index contributed by atoms with van der Waals surface area (Å²) in [6.07, 6.45) is 0. The number of fused-ring (bicyclic) bond motifs is 2. The summed E-state index contributed by atoms with van der Waals surface area (Å²) in [4.78, 5) is 24.7. The monoisotopic (exact) mass is 433 g/mol. The van der Waals surface area contributed by atoms with Crippen LogP contribution in [0.3, 0.4) is 0 Å². The predicted octanol–water partition coefficient (Wildman–Crippen LogP) is 3.17. The van der Waals surface area contributed by atoms with E-state index in [4.69, 9.17) is 14.7 Å². The Morgan fingerprint density at radius 1 is 0.903 bits per heavy atom. The van der Waals surface area contributed by atoms with Crippen molar-refractivity contribution in [2.45, 2.75) is 9.79 Å². The van der Waals surface area contributed by atoms with E-state index >= 15 is 0 Å². The molecule has 0 radical (unpaired) electrons. The normalized spacial score (nSPS) is 13.5. The highest BCUT2D eigenvalue weighted by Gasteiger charge is 2.35. The molecule has 0 saturated carbocycles. The van der Waals surface area contributed by atoms with E-state index in [1.54, 1.807) is 36.4 Å². The maximum absolute atomic E-state index is 12.9. The van der Waals surface area contributed by atoms with Gasteiger partial charge in [-0.1, -0.05) is 12.1 Å². The molecule has 0 aromatic heterocycles. The molecule has 0 bridgehead atoms. The van der Waals surface area contributed by atoms with Gasteiger partial charge in [0.05, 0.1) is 27.0 Å². The molecule has 3 aromatic carbocycles. The van der Waals surface area contributed by atoms with Gasteiger partial charge in [-0.3, -0.25) is 4.79 Å². The molecule has 0 atom stereocenters. The number of sulfone groups is 1. The van der Waals surface area contributed by atoms with Crippen LogP contribution in [-0.4, -0.2) is 33.4 Å². The van der Waals surface area contributed by atoms with E-state index in [9.17, 15) is 18.0 Å². The van der Waals surface area contributed by atoms with Crippen LogP contribution in [0.2, 0.25) is 0 Å². The highest BCUT2D eigenvalue weighted by Crippen LogP contribution is 2.34. The molecule has 0 saturated heterocycles. The Labute approximate surface area is 178 Å². The first-order chi connectivity index (χ1) is 14.9. The van der Waals surface area contributed by atoms with Crippen LogP contribution in [0.15, 0.2) is 76.5 Å². The molecule has 0 unspecified atom stereocenters. The molecule has 0 amide bonds. The van der Waals surface area contributed by atoms with Crippen LogP contribution >= 0.6 is 0 Å². The summed E-state index contributed by atoms with van der Waals surface area (Å²) < 4.78 is 36.5. The average Bonchev–Trinajstić information content (AvgIpc) is 2.80. The van der Waals surface area contributed by atoms with Crippen LogP contribution < -0.4 is 4.74 Å². The Morgan fingerprint density at radius 2 is 1.61 bits per heavy atom. The molecular weight excluding hydrogens is 418 g/mol. The number of hydrogen-bond donors (Lipinski definition) is 0. The van der Waals surface area contributed by atoms with Gasteiger partial charge in [0.25, 0.3) is 0 Å². The van der Waals surface area contributed by atoms with E-state index in [-0.39, 0.29) is 39.7 Å². The number of carbonyl (C=O) groups excluding carboxylic acids is 2. The topological polar surface area (TPSA) is 111 Å². The third-order valence-electron chi connectivity index (χ3n) is 4.74. The van der Waals surface area contributed by atoms with Gasteiger partial charge < -0.3 is 9.47 Å². The summed E-state index contributed by atoms with van der Waals surface area (Å²) in [5.41, 5.74) is 0.666. The van der Waals surface area contributed by atoms with Gasteiger partial charge in [0, 0.05) is 11.1 Å². The Hall–Kier alpha value is -3.96. The van der Waals surface area contributed by atoms with Crippen molar-refractivity contribution in [3.05, 3.63) is 89.0 Å². The number of ether oxygens (including phenoxy) is 2. The van der Waals surface area contributed by atoms with Gasteiger partial charge >= 0.3 is 5.97 Å². The van der Waals surface area contributed by atoms with E-state index in [1.165, 1.54) is 30.3 Å². The second-order valence-electron chi connectivity index (χ2n) is 6.66. The molecule has 154 valence electrons. The lowest BCUT2D eigenvalue weighted by Gasteiger charge is -2.19. The first-order valence-corrected chi connectivity index (χ1v) is 10.7. The number of carbonyl (C=O) groups is 2. The lowest BCUT2D eigenvalue weighted by Crippen LogP contribution is -2.21. The van der Waals surface area contributed by atoms with Crippen LogP contribution in [0.4, 0.5) is 0 Å². The first-order valence-electron chi connectivity index (χ1n) is 9.25. The lowest BCUT2D eigenvalue weighted by molar-refractivity contribution is 0.0450. The van der Waals surface area contributed by atoms with E-state index in [0.717, 1.165) is 0 Å². The molecule has 4 rings (SSSR count). The zero-order valence-electron chi connectivity index (χ0n) is 16.1. The molecule has 1 aliphatic rings. The van der Waals surface area contributed by atoms with Crippen molar-refractivity contribution in [1.29, 1.82) is 5.26 Å². The van der Waals surface area contributed by atoms with Crippen LogP contribution in [0.25, 0.3) is 0 Å². The number of benzene rings is 3. The van der Waals surface area contributed by atoms with Crippen molar-refractivity contribution >= 4 is 21.6 Å². The molecule has 1 aliphatic heterocycles. The number of nitriles is 1. The van der Waals surface area contributed by atoms with E-state index < -0.39 is 21.6 Å². The minimum absolute atomic E-state index is 0.0212. The highest BCUT2D eigenvalue weighted by molar-refractivity contribution is 7.91. The third kappa shape index (κ3) is 3.79. The zero-order valence-corrected chi connectivity index (χ0v) is 16.9. The Bertz CT molecular complexity index is 1340. The largest absolute Gasteiger partial charge is 0.490 e. The summed E-state index contributed by atoms with van der Waals surface area (Å²) in [5, 5.41) is 8.78. The van der Waals surface area contributed by atoms with Crippen molar-refractivity contribution in [1.82, 2.24) is 0 Å². The van der Waals surface area contributed by atoms with E-state index in [1.807, 2.05) is 6.07 Å². The smallest absolute Gasteiger partial charge is 0.338 e. The van der Waals surface area contributed by atoms with E-state index in [0.29, 0.717) is 11.3 Å². The van der Waals surface area contributed by atoms with Gasteiger partial charge in [0.15, 0.2) is 5.78 Å². The molecule has 31 heavy (non-hydrogen) atoms. The van der Waals surface area contributed by atoms with Gasteiger partial charge in [-0.2, -0.15) is 5.26 Å². The Kier molecular flexibility index (Phi) is 5.28. The summed E-state index contributed by atoms with van der Waals surface area (Å²) in [5.74, 6) is -0.615. The molecule has 0 N–H and O–H groups in total. The molecule has 1 heterocycles. The van der Waals surface area contributed by atoms with Crippen LogP contribution in [0, 0.1) is 11.3 Å². The van der Waals surface area contributed by atoms with Crippen LogP contribution in [0.5, 0.6) is 5.75 Å². The maximum Gasteiger partial charge on any atom is 0.338 e. The van der Waals surface area contributed by atoms with Gasteiger partial charge in [-0.15, -0.1) is 0 Å². The molecule has 7 nitrogen and oxygen atoms in total. The van der Waals surface area contributed by atoms with Crippen molar-refractivity contribution in [2.24, 2.45) is 0 Å². The SMILES string of the molecule is N#Cc1ccc(OCCOC(=O)c2ccc3c(c2)S(=O)(=O)c2ccccc2C3=O)cc1. The fraction of sp³-hybridized carbons (Fsp3) is 0.0870. The Balaban J connectivity index is 1.46. The van der Waals surface area contributed by atoms with Gasteiger partial charge in [0.2, 0.25) is 9.84 Å². The molecule has 0 spiro atoms. The van der Waals surface area contributed by atoms with Gasteiger partial charge in [-0.05, 0) is 54.6 Å². The summed E-state index contributed by atoms with van der Waals surface area (Å²) in [6.45, 7) is 0.0111. The molecule has 0 fully saturated rings. The highest BCUT2D eigenvalue weighted by atomic mass is 32.2. The average molecular weight is 433 g/mol. The number of esters is 1. The maximum atomic E-state index is 12.9. The van der Waals surface area contributed by atoms with Crippen molar-refractivity contribution in [3.8, 4) is 11.8 Å². The fourth-order valence-corrected chi connectivity index (χ4v) is 4.89. The number of hydrogen-bond acceptors (Lipinski definition) is 7. The van der Waals surface area contributed by atoms with E-state index in [2.05, 4.69) is 0 Å². The van der Waals surface area contributed by atoms with Crippen molar-refractivity contribution in [3.63, 3.8) is 0 Å². The minimum atomic E-state index is -3.93. The standard InChI is InChI=1S/C23H15NO6S/c24-14-15-5-8-17(9-6-15)29-11-12-30-23(26)16-7-10-19-21(13-16)31(27,28)20-4-2-1-3-18(20)22(19)25/h1-10,13H,11-12H2. The number of ketones is 1. The predicted molar refractivity (Wildman–Crippen MR) is 109 cm³/mol. The third-order valence-corrected chi connectivity index (χ3v) is 6.59. The second kappa shape index (κ2) is 8.05. The van der Waals surface area contributed by atoms with Crippen molar-refractivity contribution in [2.75, 3.05) is 13.2 Å². The summed E-state index contributed by atoms with van der Waals surface area (Å²) >= 11 is 0. The minimum Gasteiger partial charge on any atom is -0.490 e. The Morgan fingerprint density at radius 3 is 2.35 bits per heavy atom. The second-order valence-corrected chi connectivity index (χ2v) is 8.55. The van der Waals surface area contributed by atoms with Crippen LogP contribution in [0.1, 0.15) is 31.8 Å². The zero-order chi connectivity index (χ0) is 22.0. The molecular formula is C23H15NO6S. The fourth-order valence-electron chi connectivity index (χ4n) is 3.21. The summed E-state index contributed by atoms with van der Waals surface area (Å²) in [6, 6.07) is 18.3. The molecule has 3 aromatic rings. The van der Waals surface area contributed by atoms with Crippen LogP contribution in [-0.2, 0) is 14.6 Å². The molecule has 0 aliphatic carbocycles. The first kappa shape index (κ1) is 20.3. The quantitative estimate of drug-likeness (QED) is 0.351. The van der Waals surface area contributed by atoms with Gasteiger partial charge in [0.1, 0.15) is 19.0 Å². The number of nitrogens with zero attached hydrogens (tertiary/aromatic N) is 1. The lowest BCUT2D eigenvalue weighted by atomic mass is 10.0. The summed E-state index contributed by atoms with van der Waals surface area (Å²) in [7, 11) is -3.93. The number of rotatable bonds is 5. The molecule has 8 heteroatoms. The van der Waals surface area contributed by atoms with Gasteiger partial charge in [-0.25, -0.2) is 13.2 Å². The van der Waals surface area contributed by atoms with Crippen molar-refractivity contribution < 1.29 is 27.5 Å².